The third kappa shape index (κ3) is 3.22. The molecule has 4 nitrogen and oxygen atoms in total. The summed E-state index contributed by atoms with van der Waals surface area (Å²) in [5.41, 5.74) is -1.29. The normalized spacial score (nSPS) is 11.4. The van der Waals surface area contributed by atoms with Crippen LogP contribution in [0.2, 0.25) is 0 Å². The molecule has 0 aliphatic rings. The van der Waals surface area contributed by atoms with E-state index in [2.05, 4.69) is 5.32 Å². The van der Waals surface area contributed by atoms with Gasteiger partial charge >= 0.3 is 0 Å². The third-order valence-electron chi connectivity index (χ3n) is 1.88. The van der Waals surface area contributed by atoms with Crippen LogP contribution >= 0.6 is 0 Å². The van der Waals surface area contributed by atoms with Crippen molar-refractivity contribution >= 4 is 5.91 Å². The lowest BCUT2D eigenvalue weighted by atomic mass is 10.1. The lowest BCUT2D eigenvalue weighted by Crippen LogP contribution is -2.42. The van der Waals surface area contributed by atoms with Crippen molar-refractivity contribution in [2.45, 2.75) is 26.0 Å². The second-order valence-electron chi connectivity index (χ2n) is 3.74. The number of aromatic nitrogens is 1. The molecule has 1 heterocycles. The summed E-state index contributed by atoms with van der Waals surface area (Å²) in [6.07, 6.45) is 3.85. The molecule has 0 aliphatic heterocycles. The Kier molecular flexibility index (Phi) is 3.30. The highest BCUT2D eigenvalue weighted by atomic mass is 16.3. The first-order valence-electron chi connectivity index (χ1n) is 4.61. The van der Waals surface area contributed by atoms with Crippen LogP contribution < -0.4 is 5.32 Å². The standard InChI is InChI=1S/C10H16N2O2/c1-10(2,14)9(13)11-5-8-12-6-3-4-7-12/h3-4,6-7,14H,5,8H2,1-2H3,(H,11,13). The highest BCUT2D eigenvalue weighted by Crippen LogP contribution is 1.99. The number of nitrogens with zero attached hydrogens (tertiary/aromatic N) is 1. The van der Waals surface area contributed by atoms with E-state index >= 15 is 0 Å². The molecule has 2 N–H and O–H groups in total. The van der Waals surface area contributed by atoms with E-state index in [0.29, 0.717) is 6.54 Å². The Labute approximate surface area is 83.5 Å². The quantitative estimate of drug-likeness (QED) is 0.731. The molecule has 78 valence electrons. The summed E-state index contributed by atoms with van der Waals surface area (Å²) in [5.74, 6) is -0.343. The molecule has 0 aliphatic carbocycles. The molecule has 14 heavy (non-hydrogen) atoms. The Balaban J connectivity index is 2.26. The average Bonchev–Trinajstić information content (AvgIpc) is 2.55. The summed E-state index contributed by atoms with van der Waals surface area (Å²) >= 11 is 0. The lowest BCUT2D eigenvalue weighted by Gasteiger charge is -2.16. The minimum absolute atomic E-state index is 0.343. The Morgan fingerprint density at radius 2 is 2.00 bits per heavy atom. The van der Waals surface area contributed by atoms with Crippen molar-refractivity contribution in [1.82, 2.24) is 9.88 Å². The summed E-state index contributed by atoms with van der Waals surface area (Å²) in [7, 11) is 0. The van der Waals surface area contributed by atoms with Gasteiger partial charge in [-0.25, -0.2) is 0 Å². The molecule has 1 aromatic heterocycles. The Hall–Kier alpha value is -1.29. The molecule has 1 amide bonds. The molecule has 0 radical (unpaired) electrons. The predicted octanol–water partition coefficient (Wildman–Crippen LogP) is 0.375. The van der Waals surface area contributed by atoms with Crippen molar-refractivity contribution in [1.29, 1.82) is 0 Å². The van der Waals surface area contributed by atoms with E-state index in [0.717, 1.165) is 6.54 Å². The van der Waals surface area contributed by atoms with E-state index in [4.69, 9.17) is 0 Å². The minimum Gasteiger partial charge on any atom is -0.381 e. The van der Waals surface area contributed by atoms with Gasteiger partial charge in [0.05, 0.1) is 0 Å². The fourth-order valence-electron chi connectivity index (χ4n) is 1.03. The molecule has 4 heteroatoms. The van der Waals surface area contributed by atoms with Gasteiger partial charge in [0.1, 0.15) is 5.60 Å². The topological polar surface area (TPSA) is 54.3 Å². The van der Waals surface area contributed by atoms with Crippen LogP contribution in [-0.4, -0.2) is 27.7 Å². The Bertz CT molecular complexity index is 286. The maximum absolute atomic E-state index is 11.2. The van der Waals surface area contributed by atoms with Crippen LogP contribution in [0.15, 0.2) is 24.5 Å². The molecular weight excluding hydrogens is 180 g/mol. The molecule has 0 spiro atoms. The van der Waals surface area contributed by atoms with Gasteiger partial charge in [-0.15, -0.1) is 0 Å². The van der Waals surface area contributed by atoms with Gasteiger partial charge in [-0.05, 0) is 26.0 Å². The number of carbonyl (C=O) groups is 1. The van der Waals surface area contributed by atoms with Crippen molar-refractivity contribution in [3.05, 3.63) is 24.5 Å². The van der Waals surface area contributed by atoms with Crippen LogP contribution in [0.25, 0.3) is 0 Å². The number of nitrogens with one attached hydrogen (secondary N) is 1. The summed E-state index contributed by atoms with van der Waals surface area (Å²) in [4.78, 5) is 11.2. The molecule has 0 saturated carbocycles. The van der Waals surface area contributed by atoms with Crippen molar-refractivity contribution < 1.29 is 9.90 Å². The van der Waals surface area contributed by atoms with E-state index in [1.165, 1.54) is 13.8 Å². The molecule has 0 fully saturated rings. The Morgan fingerprint density at radius 1 is 1.43 bits per heavy atom. The molecular formula is C10H16N2O2. The fraction of sp³-hybridized carbons (Fsp3) is 0.500. The largest absolute Gasteiger partial charge is 0.381 e. The number of carbonyl (C=O) groups excluding carboxylic acids is 1. The second kappa shape index (κ2) is 4.28. The third-order valence-corrected chi connectivity index (χ3v) is 1.88. The van der Waals surface area contributed by atoms with Gasteiger partial charge in [0.2, 0.25) is 0 Å². The monoisotopic (exact) mass is 196 g/mol. The number of rotatable bonds is 4. The molecule has 0 bridgehead atoms. The van der Waals surface area contributed by atoms with E-state index < -0.39 is 5.60 Å². The van der Waals surface area contributed by atoms with E-state index in [-0.39, 0.29) is 5.91 Å². The van der Waals surface area contributed by atoms with Gasteiger partial charge in [-0.3, -0.25) is 4.79 Å². The predicted molar refractivity (Wildman–Crippen MR) is 53.7 cm³/mol. The maximum atomic E-state index is 11.2. The van der Waals surface area contributed by atoms with Gasteiger partial charge in [0.15, 0.2) is 0 Å². The van der Waals surface area contributed by atoms with Crippen molar-refractivity contribution in [2.24, 2.45) is 0 Å². The lowest BCUT2D eigenvalue weighted by molar-refractivity contribution is -0.136. The van der Waals surface area contributed by atoms with Gasteiger partial charge in [0.25, 0.3) is 5.91 Å². The first kappa shape index (κ1) is 10.8. The first-order valence-corrected chi connectivity index (χ1v) is 4.61. The number of aliphatic hydroxyl groups is 1. The molecule has 1 rings (SSSR count). The fourth-order valence-corrected chi connectivity index (χ4v) is 1.03. The summed E-state index contributed by atoms with van der Waals surface area (Å²) in [6.45, 7) is 4.18. The summed E-state index contributed by atoms with van der Waals surface area (Å²) in [5, 5.41) is 12.0. The average molecular weight is 196 g/mol. The zero-order valence-electron chi connectivity index (χ0n) is 8.53. The van der Waals surface area contributed by atoms with Crippen molar-refractivity contribution in [2.75, 3.05) is 6.54 Å². The highest BCUT2D eigenvalue weighted by Gasteiger charge is 2.22. The van der Waals surface area contributed by atoms with Crippen LogP contribution in [0.4, 0.5) is 0 Å². The smallest absolute Gasteiger partial charge is 0.251 e. The summed E-state index contributed by atoms with van der Waals surface area (Å²) in [6, 6.07) is 3.86. The van der Waals surface area contributed by atoms with Crippen LogP contribution in [0, 0.1) is 0 Å². The van der Waals surface area contributed by atoms with Crippen molar-refractivity contribution in [3.8, 4) is 0 Å². The number of hydrogen-bond acceptors (Lipinski definition) is 2. The minimum atomic E-state index is -1.29. The van der Waals surface area contributed by atoms with Gasteiger partial charge < -0.3 is 15.0 Å². The van der Waals surface area contributed by atoms with Crippen LogP contribution in [0.5, 0.6) is 0 Å². The molecule has 0 unspecified atom stereocenters. The number of hydrogen-bond donors (Lipinski definition) is 2. The molecule has 0 aromatic carbocycles. The van der Waals surface area contributed by atoms with Gasteiger partial charge in [0, 0.05) is 25.5 Å². The van der Waals surface area contributed by atoms with Crippen LogP contribution in [0.1, 0.15) is 13.8 Å². The Morgan fingerprint density at radius 3 is 2.50 bits per heavy atom. The first-order chi connectivity index (χ1) is 6.50. The maximum Gasteiger partial charge on any atom is 0.251 e. The van der Waals surface area contributed by atoms with Crippen molar-refractivity contribution in [3.63, 3.8) is 0 Å². The SMILES string of the molecule is CC(C)(O)C(=O)NCCn1cccc1. The van der Waals surface area contributed by atoms with Crippen LogP contribution in [-0.2, 0) is 11.3 Å². The van der Waals surface area contributed by atoms with E-state index in [1.54, 1.807) is 0 Å². The van der Waals surface area contributed by atoms with E-state index in [9.17, 15) is 9.90 Å². The van der Waals surface area contributed by atoms with Crippen LogP contribution in [0.3, 0.4) is 0 Å². The number of amides is 1. The molecule has 1 aromatic rings. The summed E-state index contributed by atoms with van der Waals surface area (Å²) < 4.78 is 1.96. The second-order valence-corrected chi connectivity index (χ2v) is 3.74. The van der Waals surface area contributed by atoms with Gasteiger partial charge in [-0.1, -0.05) is 0 Å². The zero-order chi connectivity index (χ0) is 10.6. The zero-order valence-corrected chi connectivity index (χ0v) is 8.53. The van der Waals surface area contributed by atoms with Gasteiger partial charge in [-0.2, -0.15) is 0 Å². The molecule has 0 atom stereocenters. The molecule has 0 saturated heterocycles. The highest BCUT2D eigenvalue weighted by molar-refractivity contribution is 5.83. The van der Waals surface area contributed by atoms with E-state index in [1.807, 2.05) is 29.1 Å².